The fourth-order valence-electron chi connectivity index (χ4n) is 4.44. The van der Waals surface area contributed by atoms with Crippen molar-refractivity contribution < 1.29 is 17.9 Å². The summed E-state index contributed by atoms with van der Waals surface area (Å²) in [5, 5.41) is 11.8. The fourth-order valence-corrected chi connectivity index (χ4v) is 4.44. The van der Waals surface area contributed by atoms with Gasteiger partial charge in [-0.25, -0.2) is 19.9 Å². The first-order chi connectivity index (χ1) is 18.6. The van der Waals surface area contributed by atoms with Gasteiger partial charge in [-0.3, -0.25) is 4.99 Å². The third-order valence-corrected chi connectivity index (χ3v) is 6.51. The molecular weight excluding hydrogens is 509 g/mol. The first-order valence-electron chi connectivity index (χ1n) is 12.4. The van der Waals surface area contributed by atoms with Crippen molar-refractivity contribution in [2.75, 3.05) is 12.4 Å². The number of halogens is 3. The van der Waals surface area contributed by atoms with Gasteiger partial charge in [-0.1, -0.05) is 12.1 Å². The molecule has 0 spiro atoms. The highest BCUT2D eigenvalue weighted by molar-refractivity contribution is 6.06. The third-order valence-electron chi connectivity index (χ3n) is 6.51. The molecule has 2 aliphatic rings. The summed E-state index contributed by atoms with van der Waals surface area (Å²) in [5.41, 5.74) is 8.95. The highest BCUT2D eigenvalue weighted by atomic mass is 19.4. The van der Waals surface area contributed by atoms with Crippen molar-refractivity contribution in [3.8, 4) is 17.3 Å². The molecule has 0 bridgehead atoms. The minimum absolute atomic E-state index is 0.143. The number of alkyl halides is 3. The van der Waals surface area contributed by atoms with Gasteiger partial charge in [0, 0.05) is 23.9 Å². The van der Waals surface area contributed by atoms with E-state index in [-0.39, 0.29) is 5.71 Å². The number of nitrogens with two attached hydrogens (primary N) is 1. The third kappa shape index (κ3) is 5.74. The Labute approximate surface area is 223 Å². The Balaban J connectivity index is 1.40. The van der Waals surface area contributed by atoms with Crippen LogP contribution in [0.15, 0.2) is 47.4 Å². The lowest BCUT2D eigenvalue weighted by atomic mass is 10.1. The Hall–Kier alpha value is -4.35. The number of methoxy groups -OCH3 is 1. The molecule has 2 heterocycles. The molecule has 0 amide bonds. The number of aromatic nitrogens is 4. The predicted octanol–water partition coefficient (Wildman–Crippen LogP) is 5.24. The molecule has 1 fully saturated rings. The summed E-state index contributed by atoms with van der Waals surface area (Å²) in [5.74, 6) is 1.77. The molecular formula is C27H27F3N8O. The second-order valence-electron chi connectivity index (χ2n) is 9.48. The van der Waals surface area contributed by atoms with Crippen LogP contribution in [0.2, 0.25) is 0 Å². The molecule has 0 atom stereocenters. The van der Waals surface area contributed by atoms with Crippen molar-refractivity contribution in [1.82, 2.24) is 19.9 Å². The molecule has 2 aromatic heterocycles. The Morgan fingerprint density at radius 1 is 1.15 bits per heavy atom. The lowest BCUT2D eigenvalue weighted by Gasteiger charge is -2.15. The number of benzene rings is 1. The summed E-state index contributed by atoms with van der Waals surface area (Å²) in [6.07, 6.45) is 1.01. The molecule has 4 N–H and O–H groups in total. The highest BCUT2D eigenvalue weighted by Gasteiger charge is 2.33. The number of allylic oxidation sites excluding steroid dienone is 2. The molecule has 9 nitrogen and oxygen atoms in total. The van der Waals surface area contributed by atoms with Crippen LogP contribution >= 0.6 is 0 Å². The smallest absolute Gasteiger partial charge is 0.430 e. The molecule has 12 heteroatoms. The van der Waals surface area contributed by atoms with Crippen molar-refractivity contribution in [3.63, 3.8) is 0 Å². The monoisotopic (exact) mass is 536 g/mol. The van der Waals surface area contributed by atoms with E-state index in [4.69, 9.17) is 25.8 Å². The second-order valence-corrected chi connectivity index (χ2v) is 9.48. The van der Waals surface area contributed by atoms with Crippen LogP contribution in [0.4, 0.5) is 24.7 Å². The zero-order valence-electron chi connectivity index (χ0n) is 21.4. The van der Waals surface area contributed by atoms with Gasteiger partial charge in [0.25, 0.3) is 0 Å². The largest absolute Gasteiger partial charge is 0.480 e. The van der Waals surface area contributed by atoms with Gasteiger partial charge >= 0.3 is 6.18 Å². The van der Waals surface area contributed by atoms with Gasteiger partial charge in [0.2, 0.25) is 5.88 Å². The molecule has 2 aliphatic carbocycles. The van der Waals surface area contributed by atoms with Gasteiger partial charge in [-0.15, -0.1) is 0 Å². The van der Waals surface area contributed by atoms with Crippen LogP contribution in [0.3, 0.4) is 0 Å². The molecule has 0 saturated heterocycles. The van der Waals surface area contributed by atoms with Crippen LogP contribution < -0.4 is 15.8 Å². The highest BCUT2D eigenvalue weighted by Crippen LogP contribution is 2.45. The number of rotatable bonds is 8. The van der Waals surface area contributed by atoms with E-state index in [0.29, 0.717) is 65.4 Å². The van der Waals surface area contributed by atoms with Gasteiger partial charge in [0.15, 0.2) is 5.82 Å². The van der Waals surface area contributed by atoms with Gasteiger partial charge in [-0.2, -0.15) is 13.2 Å². The SMILES string of the molecule is COc1ncnc(C2CC2)c1-c1nc2c(c(NCc3ccc(N=C(C)/C=C(\N)C(F)(F)F)cc3)n1)C(=N)CC2. The summed E-state index contributed by atoms with van der Waals surface area (Å²) in [6, 6.07) is 7.07. The maximum absolute atomic E-state index is 12.7. The number of ether oxygens (including phenoxy) is 1. The quantitative estimate of drug-likeness (QED) is 0.335. The molecule has 1 saturated carbocycles. The minimum Gasteiger partial charge on any atom is -0.480 e. The zero-order chi connectivity index (χ0) is 27.7. The minimum atomic E-state index is -4.60. The molecule has 5 rings (SSSR count). The molecule has 202 valence electrons. The molecule has 0 unspecified atom stereocenters. The fraction of sp³-hybridized carbons (Fsp3) is 0.333. The Morgan fingerprint density at radius 3 is 2.56 bits per heavy atom. The summed E-state index contributed by atoms with van der Waals surface area (Å²) in [7, 11) is 1.56. The lowest BCUT2D eigenvalue weighted by Crippen LogP contribution is -2.20. The zero-order valence-corrected chi connectivity index (χ0v) is 21.4. The lowest BCUT2D eigenvalue weighted by molar-refractivity contribution is -0.0925. The average Bonchev–Trinajstić information content (AvgIpc) is 3.69. The van der Waals surface area contributed by atoms with E-state index in [0.717, 1.165) is 35.9 Å². The van der Waals surface area contributed by atoms with Crippen LogP contribution in [0, 0.1) is 5.41 Å². The predicted molar refractivity (Wildman–Crippen MR) is 142 cm³/mol. The van der Waals surface area contributed by atoms with E-state index >= 15 is 0 Å². The maximum Gasteiger partial charge on any atom is 0.430 e. The van der Waals surface area contributed by atoms with Crippen molar-refractivity contribution in [2.24, 2.45) is 10.7 Å². The summed E-state index contributed by atoms with van der Waals surface area (Å²) in [4.78, 5) is 22.6. The van der Waals surface area contributed by atoms with Crippen LogP contribution in [-0.2, 0) is 13.0 Å². The number of aliphatic imine (C=N–C) groups is 1. The second kappa shape index (κ2) is 10.4. The van der Waals surface area contributed by atoms with Crippen LogP contribution in [0.5, 0.6) is 5.88 Å². The first-order valence-corrected chi connectivity index (χ1v) is 12.4. The van der Waals surface area contributed by atoms with E-state index in [2.05, 4.69) is 20.3 Å². The van der Waals surface area contributed by atoms with Crippen LogP contribution in [0.25, 0.3) is 11.4 Å². The van der Waals surface area contributed by atoms with Gasteiger partial charge < -0.3 is 21.2 Å². The van der Waals surface area contributed by atoms with Crippen molar-refractivity contribution >= 4 is 22.9 Å². The molecule has 0 radical (unpaired) electrons. The summed E-state index contributed by atoms with van der Waals surface area (Å²) in [6.45, 7) is 1.86. The number of hydrogen-bond donors (Lipinski definition) is 3. The van der Waals surface area contributed by atoms with E-state index in [1.807, 2.05) is 12.1 Å². The normalized spacial score (nSPS) is 15.9. The Kier molecular flexibility index (Phi) is 7.02. The number of anilines is 1. The van der Waals surface area contributed by atoms with E-state index in [1.165, 1.54) is 13.3 Å². The van der Waals surface area contributed by atoms with Gasteiger partial charge in [0.1, 0.15) is 23.4 Å². The molecule has 39 heavy (non-hydrogen) atoms. The van der Waals surface area contributed by atoms with E-state index in [9.17, 15) is 13.2 Å². The van der Waals surface area contributed by atoms with Gasteiger partial charge in [-0.05, 0) is 56.4 Å². The number of hydrogen-bond acceptors (Lipinski definition) is 9. The number of nitrogens with one attached hydrogen (secondary N) is 2. The topological polar surface area (TPSA) is 135 Å². The first kappa shape index (κ1) is 26.3. The van der Waals surface area contributed by atoms with E-state index in [1.54, 1.807) is 19.2 Å². The summed E-state index contributed by atoms with van der Waals surface area (Å²) < 4.78 is 43.5. The van der Waals surface area contributed by atoms with Crippen LogP contribution in [0.1, 0.15) is 54.6 Å². The number of aryl methyl sites for hydroxylation is 1. The van der Waals surface area contributed by atoms with Crippen LogP contribution in [-0.4, -0.2) is 44.6 Å². The van der Waals surface area contributed by atoms with Crippen molar-refractivity contribution in [1.29, 1.82) is 5.41 Å². The Bertz CT molecular complexity index is 1480. The van der Waals surface area contributed by atoms with Gasteiger partial charge in [0.05, 0.1) is 29.7 Å². The molecule has 3 aromatic rings. The van der Waals surface area contributed by atoms with Crippen molar-refractivity contribution in [3.05, 3.63) is 64.9 Å². The molecule has 1 aromatic carbocycles. The van der Waals surface area contributed by atoms with E-state index < -0.39 is 11.9 Å². The number of nitrogens with zero attached hydrogens (tertiary/aromatic N) is 5. The van der Waals surface area contributed by atoms with Crippen molar-refractivity contribution in [2.45, 2.75) is 51.2 Å². The summed E-state index contributed by atoms with van der Waals surface area (Å²) >= 11 is 0. The standard InChI is InChI=1S/C27H27F3N8O/c1-14(11-20(32)27(28,29)30)36-17-7-3-15(4-8-17)12-33-24-21-18(31)9-10-19(21)37-25(38-24)22-23(16-5-6-16)34-13-35-26(22)39-2/h3-4,7-8,11,13,16,31H,5-6,9-10,12,32H2,1-2H3,(H,33,37,38)/b20-11-,31-18?,36-14?. The molecule has 0 aliphatic heterocycles. The maximum atomic E-state index is 12.7. The Morgan fingerprint density at radius 2 is 1.90 bits per heavy atom. The average molecular weight is 537 g/mol. The number of fused-ring (bicyclic) bond motifs is 1.